The quantitative estimate of drug-likeness (QED) is 0.625. The molecule has 1 heteroatoms. The van der Waals surface area contributed by atoms with Gasteiger partial charge >= 0.3 is 0 Å². The molecule has 1 nitrogen and oxygen atoms in total. The van der Waals surface area contributed by atoms with Gasteiger partial charge in [-0.2, -0.15) is 0 Å². The Morgan fingerprint density at radius 2 is 1.54 bits per heavy atom. The van der Waals surface area contributed by atoms with Crippen LogP contribution in [0.2, 0.25) is 0 Å². The molecule has 0 bridgehead atoms. The minimum atomic E-state index is 0.360. The van der Waals surface area contributed by atoms with Crippen molar-refractivity contribution < 1.29 is 5.11 Å². The summed E-state index contributed by atoms with van der Waals surface area (Å²) in [5.74, 6) is 0.858. The Morgan fingerprint density at radius 1 is 1.00 bits per heavy atom. The average molecular weight is 188 g/mol. The van der Waals surface area contributed by atoms with Gasteiger partial charge in [-0.3, -0.25) is 0 Å². The minimum absolute atomic E-state index is 0.360. The highest BCUT2D eigenvalue weighted by molar-refractivity contribution is 4.51. The van der Waals surface area contributed by atoms with Crippen molar-refractivity contribution in [3.8, 4) is 0 Å². The Balaban J connectivity index is 0. The van der Waals surface area contributed by atoms with Crippen LogP contribution in [-0.4, -0.2) is 11.7 Å². The van der Waals surface area contributed by atoms with Crippen molar-refractivity contribution in [1.82, 2.24) is 0 Å². The summed E-state index contributed by atoms with van der Waals surface area (Å²) < 4.78 is 0. The van der Waals surface area contributed by atoms with Crippen LogP contribution in [0.15, 0.2) is 0 Å². The first kappa shape index (κ1) is 15.4. The van der Waals surface area contributed by atoms with Gasteiger partial charge in [0.25, 0.3) is 0 Å². The third kappa shape index (κ3) is 18.7. The lowest BCUT2D eigenvalue weighted by molar-refractivity contribution is 0.278. The van der Waals surface area contributed by atoms with Gasteiger partial charge in [-0.15, -0.1) is 0 Å². The lowest BCUT2D eigenvalue weighted by Gasteiger charge is -2.07. The molecule has 0 aliphatic rings. The Morgan fingerprint density at radius 3 is 1.92 bits per heavy atom. The number of hydrogen-bond acceptors (Lipinski definition) is 1. The first-order valence-corrected chi connectivity index (χ1v) is 5.83. The molecule has 0 aromatic carbocycles. The van der Waals surface area contributed by atoms with E-state index in [4.69, 9.17) is 5.11 Å². The third-order valence-electron chi connectivity index (χ3n) is 1.89. The van der Waals surface area contributed by atoms with E-state index < -0.39 is 0 Å². The maximum atomic E-state index is 8.51. The molecule has 0 fully saturated rings. The monoisotopic (exact) mass is 188 g/mol. The summed E-state index contributed by atoms with van der Waals surface area (Å²) >= 11 is 0. The van der Waals surface area contributed by atoms with Gasteiger partial charge < -0.3 is 5.11 Å². The first-order chi connectivity index (χ1) is 6.22. The molecule has 0 saturated heterocycles. The van der Waals surface area contributed by atoms with Gasteiger partial charge in [0.1, 0.15) is 0 Å². The van der Waals surface area contributed by atoms with E-state index in [-0.39, 0.29) is 0 Å². The largest absolute Gasteiger partial charge is 0.396 e. The predicted octanol–water partition coefficient (Wildman–Crippen LogP) is 4.00. The molecule has 0 rings (SSSR count). The van der Waals surface area contributed by atoms with E-state index >= 15 is 0 Å². The van der Waals surface area contributed by atoms with Crippen LogP contribution >= 0.6 is 0 Å². The molecule has 0 heterocycles. The van der Waals surface area contributed by atoms with Gasteiger partial charge in [0.05, 0.1) is 0 Å². The Bertz CT molecular complexity index is 71.5. The van der Waals surface area contributed by atoms with Gasteiger partial charge in [0.15, 0.2) is 0 Å². The van der Waals surface area contributed by atoms with Crippen molar-refractivity contribution >= 4 is 0 Å². The van der Waals surface area contributed by atoms with E-state index in [1.807, 2.05) is 0 Å². The standard InChI is InChI=1S/C9H20O.C3H8/c1-3-6-9(2)7-4-5-8-10;1-3-2/h9-10H,3-8H2,1-2H3;3H2,1-2H3. The second-order valence-electron chi connectivity index (χ2n) is 3.82. The van der Waals surface area contributed by atoms with E-state index in [9.17, 15) is 0 Å². The number of aliphatic hydroxyl groups is 1. The lowest BCUT2D eigenvalue weighted by Crippen LogP contribution is -1.94. The minimum Gasteiger partial charge on any atom is -0.396 e. The first-order valence-electron chi connectivity index (χ1n) is 5.83. The highest BCUT2D eigenvalue weighted by Gasteiger charge is 1.98. The highest BCUT2D eigenvalue weighted by Crippen LogP contribution is 2.12. The molecule has 0 aromatic rings. The zero-order chi connectivity index (χ0) is 10.5. The van der Waals surface area contributed by atoms with Crippen LogP contribution in [0.25, 0.3) is 0 Å². The summed E-state index contributed by atoms with van der Waals surface area (Å²) in [6.07, 6.45) is 7.34. The van der Waals surface area contributed by atoms with E-state index in [1.165, 1.54) is 32.1 Å². The van der Waals surface area contributed by atoms with Crippen LogP contribution in [0.4, 0.5) is 0 Å². The number of unbranched alkanes of at least 4 members (excludes halogenated alkanes) is 1. The van der Waals surface area contributed by atoms with Crippen molar-refractivity contribution in [2.24, 2.45) is 5.92 Å². The van der Waals surface area contributed by atoms with E-state index in [0.717, 1.165) is 12.3 Å². The van der Waals surface area contributed by atoms with Gasteiger partial charge in [-0.25, -0.2) is 0 Å². The number of rotatable bonds is 6. The van der Waals surface area contributed by atoms with E-state index in [1.54, 1.807) is 0 Å². The molecule has 0 aromatic heterocycles. The summed E-state index contributed by atoms with van der Waals surface area (Å²) in [5.41, 5.74) is 0. The van der Waals surface area contributed by atoms with Gasteiger partial charge in [0.2, 0.25) is 0 Å². The van der Waals surface area contributed by atoms with Crippen LogP contribution < -0.4 is 0 Å². The number of aliphatic hydroxyl groups excluding tert-OH is 1. The lowest BCUT2D eigenvalue weighted by atomic mass is 9.99. The zero-order valence-corrected chi connectivity index (χ0v) is 9.97. The second kappa shape index (κ2) is 14.5. The second-order valence-corrected chi connectivity index (χ2v) is 3.82. The molecule has 1 unspecified atom stereocenters. The van der Waals surface area contributed by atoms with Crippen LogP contribution in [0.1, 0.15) is 66.2 Å². The fraction of sp³-hybridized carbons (Fsp3) is 1.00. The molecule has 1 N–H and O–H groups in total. The molecule has 0 spiro atoms. The topological polar surface area (TPSA) is 20.2 Å². The normalized spacial score (nSPS) is 11.8. The fourth-order valence-electron chi connectivity index (χ4n) is 1.24. The predicted molar refractivity (Wildman–Crippen MR) is 61.0 cm³/mol. The average Bonchev–Trinajstić information content (AvgIpc) is 2.07. The molecule has 1 atom stereocenters. The van der Waals surface area contributed by atoms with Crippen molar-refractivity contribution in [1.29, 1.82) is 0 Å². The van der Waals surface area contributed by atoms with Crippen LogP contribution in [0, 0.1) is 5.92 Å². The molecule has 0 radical (unpaired) electrons. The van der Waals surface area contributed by atoms with Crippen LogP contribution in [0.3, 0.4) is 0 Å². The maximum absolute atomic E-state index is 8.51. The Labute approximate surface area is 84.6 Å². The zero-order valence-electron chi connectivity index (χ0n) is 9.97. The van der Waals surface area contributed by atoms with Gasteiger partial charge in [-0.05, 0) is 12.3 Å². The third-order valence-corrected chi connectivity index (χ3v) is 1.89. The molecular formula is C12H28O. The highest BCUT2D eigenvalue weighted by atomic mass is 16.2. The van der Waals surface area contributed by atoms with E-state index in [2.05, 4.69) is 27.7 Å². The Hall–Kier alpha value is -0.0400. The molecule has 13 heavy (non-hydrogen) atoms. The van der Waals surface area contributed by atoms with Crippen molar-refractivity contribution in [3.63, 3.8) is 0 Å². The van der Waals surface area contributed by atoms with Crippen molar-refractivity contribution in [3.05, 3.63) is 0 Å². The summed E-state index contributed by atoms with van der Waals surface area (Å²) in [6, 6.07) is 0. The molecule has 82 valence electrons. The smallest absolute Gasteiger partial charge is 0.0431 e. The molecule has 0 aliphatic carbocycles. The van der Waals surface area contributed by atoms with Crippen molar-refractivity contribution in [2.75, 3.05) is 6.61 Å². The maximum Gasteiger partial charge on any atom is 0.0431 e. The fourth-order valence-corrected chi connectivity index (χ4v) is 1.24. The summed E-state index contributed by atoms with van der Waals surface area (Å²) in [5, 5.41) is 8.51. The Kier molecular flexibility index (Phi) is 17.2. The van der Waals surface area contributed by atoms with Crippen LogP contribution in [-0.2, 0) is 0 Å². The summed E-state index contributed by atoms with van der Waals surface area (Å²) in [6.45, 7) is 9.13. The molecule has 0 aliphatic heterocycles. The van der Waals surface area contributed by atoms with Crippen molar-refractivity contribution in [2.45, 2.75) is 66.2 Å². The molecule has 0 amide bonds. The van der Waals surface area contributed by atoms with Crippen LogP contribution in [0.5, 0.6) is 0 Å². The van der Waals surface area contributed by atoms with Gasteiger partial charge in [-0.1, -0.05) is 59.8 Å². The number of hydrogen-bond donors (Lipinski definition) is 1. The SMILES string of the molecule is CCC.CCCC(C)CCCCO. The van der Waals surface area contributed by atoms with E-state index in [0.29, 0.717) is 6.61 Å². The molecular weight excluding hydrogens is 160 g/mol. The summed E-state index contributed by atoms with van der Waals surface area (Å²) in [4.78, 5) is 0. The van der Waals surface area contributed by atoms with Gasteiger partial charge in [0, 0.05) is 6.61 Å². The summed E-state index contributed by atoms with van der Waals surface area (Å²) in [7, 11) is 0. The molecule has 0 saturated carbocycles.